The van der Waals surface area contributed by atoms with Crippen LogP contribution in [0, 0.1) is 5.92 Å². The lowest BCUT2D eigenvalue weighted by atomic mass is 9.84. The number of amides is 7. The Hall–Kier alpha value is -10.2. The van der Waals surface area contributed by atoms with E-state index in [1.807, 2.05) is 38.1 Å². The molecule has 0 radical (unpaired) electrons. The maximum absolute atomic E-state index is 16.3. The second kappa shape index (κ2) is 37.4. The molecule has 0 aliphatic carbocycles. The van der Waals surface area contributed by atoms with Crippen molar-refractivity contribution in [3.05, 3.63) is 147 Å². The van der Waals surface area contributed by atoms with Crippen molar-refractivity contribution < 1.29 is 123 Å². The van der Waals surface area contributed by atoms with E-state index >= 15 is 19.2 Å². The smallest absolute Gasteiger partial charge is 0.330 e. The van der Waals surface area contributed by atoms with Crippen LogP contribution in [0.4, 0.5) is 0 Å². The number of carbonyl (C=O) groups excluding carboxylic acids is 7. The number of aliphatic hydroxyl groups excluding tert-OH is 6. The monoisotopic (exact) mass is 1650 g/mol. The molecule has 7 aliphatic rings. The van der Waals surface area contributed by atoms with Gasteiger partial charge in [0.05, 0.1) is 47.9 Å². The first-order chi connectivity index (χ1) is 55.2. The molecule has 13 rings (SSSR count). The highest BCUT2D eigenvalue weighted by atomic mass is 35.5. The molecule has 0 aromatic heterocycles. The first kappa shape index (κ1) is 86.7. The number of benzene rings is 6. The standard InChI is InChI=1S/C80H95Cl2N9O25/c1-7-8-9-10-11-22-110-43-17-12-37(13-18-43)33-85-80(5)32-58(111-36(4)71(80)101)115-69-40-16-21-53(47(82)26-40)113-55-28-41-27-54(70(55)116-79-68(100)67(99)66(98)56(34-92)114-79)112-52-20-15-39(25-46(52)81)65(97)63(90-72(102)48(84-6)23-35(2)3)76(106)86-49(31-57(83)96)73(103)87-61(41)75(105)88-60-38-14-19-50(94)44(24-38)59-45(29-42(93)30-51(59)95)62(78(108)109)89-77(107)64(69)91-74(60)104/h12-21,24-30,35-36,48-49,56,58,60-69,71,79,84-85,92-95,97-101H,7-11,22-23,31-34H2,1-6H3,(H2,83,96)(H,86,106)(H,87,103)(H,88,105)(H,89,107)(H,90,102)(H,91,104)(H,108,109)/t36-,48+,49-,56+,58-,60+,61+,62-,63+,64-,65+,66+,67-,68+,69+,71-,79-,80-/m0/s1. The molecule has 36 heteroatoms. The van der Waals surface area contributed by atoms with Crippen molar-refractivity contribution in [2.45, 2.75) is 202 Å². The molecule has 18 atom stereocenters. The number of nitrogens with two attached hydrogens (primary N) is 1. The average Bonchev–Trinajstić information content (AvgIpc) is 0.764. The van der Waals surface area contributed by atoms with Crippen LogP contribution in [0.15, 0.2) is 103 Å². The van der Waals surface area contributed by atoms with Gasteiger partial charge in [-0.25, -0.2) is 4.79 Å². The Balaban J connectivity index is 1.12. The molecule has 6 aromatic rings. The second-order valence-electron chi connectivity index (χ2n) is 29.9. The van der Waals surface area contributed by atoms with E-state index in [1.165, 1.54) is 37.4 Å². The molecule has 624 valence electrons. The Bertz CT molecular complexity index is 4640. The summed E-state index contributed by atoms with van der Waals surface area (Å²) in [7, 11) is 1.48. The third kappa shape index (κ3) is 19.7. The minimum absolute atomic E-state index is 0.101. The zero-order valence-corrected chi connectivity index (χ0v) is 65.4. The van der Waals surface area contributed by atoms with Crippen LogP contribution in [0.2, 0.25) is 10.0 Å². The third-order valence-electron chi connectivity index (χ3n) is 20.9. The maximum atomic E-state index is 16.3. The molecular formula is C80H95Cl2N9O25. The molecule has 20 N–H and O–H groups in total. The van der Waals surface area contributed by atoms with Gasteiger partial charge in [-0.3, -0.25) is 33.6 Å². The van der Waals surface area contributed by atoms with Gasteiger partial charge in [-0.05, 0) is 134 Å². The molecule has 7 aliphatic heterocycles. The molecule has 0 unspecified atom stereocenters. The Morgan fingerprint density at radius 3 is 1.97 bits per heavy atom. The van der Waals surface area contributed by atoms with Gasteiger partial charge in [0.1, 0.15) is 101 Å². The van der Waals surface area contributed by atoms with Crippen LogP contribution in [0.5, 0.6) is 51.7 Å². The van der Waals surface area contributed by atoms with Crippen LogP contribution >= 0.6 is 23.2 Å². The van der Waals surface area contributed by atoms with Crippen molar-refractivity contribution in [1.29, 1.82) is 0 Å². The highest BCUT2D eigenvalue weighted by Crippen LogP contribution is 2.50. The number of rotatable bonds is 23. The number of hydrogen-bond acceptors (Lipinski definition) is 26. The van der Waals surface area contributed by atoms with Gasteiger partial charge >= 0.3 is 5.97 Å². The quantitative estimate of drug-likeness (QED) is 0.0398. The molecule has 6 aromatic carbocycles. The SMILES string of the molecule is CCCCCCCOc1ccc(CN[C@@]2(C)C[C@H](O[C@@H]3c4ccc(c(Cl)c4)Oc4cc5cc(c4O[C@@H]4O[C@H](CO)[C@@H](O)[C@H](O)[C@H]4O)Oc4ccc(cc4Cl)[C@@H](O)[C@@H](NC(=O)[C@@H](CC(C)C)NC)C(=O)N[C@@H](CC(N)=O)C(=O)N[C@H]5C(=O)N[C@H]4C(=O)N[C@@H]3C(=O)N[C@H](C(=O)O)c3cc(O)cc(O)c3-c3cc4ccc3O)O[C@@H](C)[C@@H]2O)cc1. The van der Waals surface area contributed by atoms with E-state index in [1.54, 1.807) is 13.8 Å². The summed E-state index contributed by atoms with van der Waals surface area (Å²) in [6.45, 7) is 8.74. The first-order valence-corrected chi connectivity index (χ1v) is 38.6. The summed E-state index contributed by atoms with van der Waals surface area (Å²) in [6.07, 6.45) is -13.7. The van der Waals surface area contributed by atoms with Gasteiger partial charge in [0.15, 0.2) is 23.8 Å². The van der Waals surface area contributed by atoms with E-state index in [9.17, 15) is 70.2 Å². The van der Waals surface area contributed by atoms with Gasteiger partial charge in [-0.1, -0.05) is 100.0 Å². The number of carboxylic acids is 1. The normalized spacial score (nSPS) is 27.1. The molecule has 2 fully saturated rings. The number of carboxylic acid groups (broad SMARTS) is 1. The number of ether oxygens (including phenoxy) is 7. The van der Waals surface area contributed by atoms with Gasteiger partial charge in [0.2, 0.25) is 53.4 Å². The lowest BCUT2D eigenvalue weighted by Crippen LogP contribution is -2.63. The summed E-state index contributed by atoms with van der Waals surface area (Å²) >= 11 is 14.4. The minimum Gasteiger partial charge on any atom is -0.508 e. The summed E-state index contributed by atoms with van der Waals surface area (Å²) in [5.74, 6) is -15.3. The van der Waals surface area contributed by atoms with Crippen molar-refractivity contribution in [2.75, 3.05) is 20.3 Å². The third-order valence-corrected chi connectivity index (χ3v) is 21.4. The fraction of sp³-hybridized carbons (Fsp3) is 0.450. The summed E-state index contributed by atoms with van der Waals surface area (Å²) in [5, 5.41) is 135. The number of hydrogen-bond donors (Lipinski definition) is 19. The number of halogens is 2. The molecule has 7 heterocycles. The number of primary amides is 1. The van der Waals surface area contributed by atoms with Crippen LogP contribution in [0.1, 0.15) is 150 Å². The minimum atomic E-state index is -2.36. The molecule has 0 spiro atoms. The topological polar surface area (TPSA) is 526 Å². The first-order valence-electron chi connectivity index (χ1n) is 37.8. The van der Waals surface area contributed by atoms with Crippen LogP contribution in [0.3, 0.4) is 0 Å². The summed E-state index contributed by atoms with van der Waals surface area (Å²) < 4.78 is 44.9. The predicted octanol–water partition coefficient (Wildman–Crippen LogP) is 4.29. The zero-order chi connectivity index (χ0) is 83.9. The van der Waals surface area contributed by atoms with E-state index in [4.69, 9.17) is 62.1 Å². The molecule has 2 saturated heterocycles. The van der Waals surface area contributed by atoms with Crippen LogP contribution < -0.4 is 67.2 Å². The molecular weight excluding hydrogens is 1560 g/mol. The van der Waals surface area contributed by atoms with E-state index in [0.717, 1.165) is 86.2 Å². The van der Waals surface area contributed by atoms with Gasteiger partial charge in [0, 0.05) is 41.3 Å². The van der Waals surface area contributed by atoms with Crippen molar-refractivity contribution in [1.82, 2.24) is 42.5 Å². The fourth-order valence-corrected chi connectivity index (χ4v) is 15.0. The lowest BCUT2D eigenvalue weighted by molar-refractivity contribution is -0.277. The van der Waals surface area contributed by atoms with Crippen LogP contribution in [-0.2, 0) is 59.1 Å². The summed E-state index contributed by atoms with van der Waals surface area (Å²) in [4.78, 5) is 120. The molecule has 34 nitrogen and oxygen atoms in total. The van der Waals surface area contributed by atoms with Gasteiger partial charge in [-0.2, -0.15) is 0 Å². The van der Waals surface area contributed by atoms with Crippen molar-refractivity contribution in [2.24, 2.45) is 11.7 Å². The maximum Gasteiger partial charge on any atom is 0.330 e. The Kier molecular flexibility index (Phi) is 27.9. The number of aliphatic carboxylic acids is 1. The number of nitrogens with one attached hydrogen (secondary N) is 8. The van der Waals surface area contributed by atoms with Crippen LogP contribution in [0.25, 0.3) is 11.1 Å². The van der Waals surface area contributed by atoms with E-state index in [-0.39, 0.29) is 58.5 Å². The number of fused-ring (bicyclic) bond motifs is 15. The van der Waals surface area contributed by atoms with Crippen LogP contribution in [-0.4, -0.2) is 198 Å². The number of unbranched alkanes of at least 4 members (excludes halogenated alkanes) is 4. The number of carbonyl (C=O) groups is 8. The number of aliphatic hydroxyl groups is 6. The van der Waals surface area contributed by atoms with Gasteiger partial charge in [-0.15, -0.1) is 0 Å². The molecule has 116 heavy (non-hydrogen) atoms. The van der Waals surface area contributed by atoms with Crippen molar-refractivity contribution >= 4 is 70.5 Å². The second-order valence-corrected chi connectivity index (χ2v) is 30.7. The number of likely N-dealkylation sites (N-methyl/N-ethyl adjacent to an activating group) is 1. The van der Waals surface area contributed by atoms with Crippen molar-refractivity contribution in [3.8, 4) is 62.9 Å². The Morgan fingerprint density at radius 2 is 1.33 bits per heavy atom. The Labute approximate surface area is 675 Å². The lowest BCUT2D eigenvalue weighted by Gasteiger charge is -2.47. The number of phenols is 3. The highest BCUT2D eigenvalue weighted by Gasteiger charge is 2.50. The summed E-state index contributed by atoms with van der Waals surface area (Å²) in [6, 6.07) is 7.10. The highest BCUT2D eigenvalue weighted by molar-refractivity contribution is 6.32. The molecule has 11 bridgehead atoms. The largest absolute Gasteiger partial charge is 0.508 e. The average molecular weight is 1650 g/mol. The van der Waals surface area contributed by atoms with Crippen molar-refractivity contribution in [3.63, 3.8) is 0 Å². The van der Waals surface area contributed by atoms with Gasteiger partial charge in [0.25, 0.3) is 0 Å². The van der Waals surface area contributed by atoms with E-state index in [0.29, 0.717) is 12.4 Å². The van der Waals surface area contributed by atoms with E-state index < -0.39 is 231 Å². The number of phenolic OH excluding ortho intramolecular Hbond substituents is 3. The summed E-state index contributed by atoms with van der Waals surface area (Å²) in [5.41, 5.74) is 2.56. The van der Waals surface area contributed by atoms with Gasteiger partial charge < -0.3 is 132 Å². The predicted molar refractivity (Wildman–Crippen MR) is 413 cm³/mol. The molecule has 0 saturated carbocycles. The molecule has 7 amide bonds. The zero-order valence-electron chi connectivity index (χ0n) is 63.9. The Morgan fingerprint density at radius 1 is 0.690 bits per heavy atom. The number of aromatic hydroxyl groups is 3. The van der Waals surface area contributed by atoms with E-state index in [2.05, 4.69) is 49.5 Å². The fourth-order valence-electron chi connectivity index (χ4n) is 14.5.